The number of benzene rings is 1. The molecule has 1 saturated heterocycles. The minimum atomic E-state index is -0.299. The molecule has 0 unspecified atom stereocenters. The zero-order chi connectivity index (χ0) is 14.7. The number of amides is 2. The first-order valence-electron chi connectivity index (χ1n) is 6.33. The Morgan fingerprint density at radius 2 is 2.30 bits per heavy atom. The summed E-state index contributed by atoms with van der Waals surface area (Å²) in [5.41, 5.74) is 0.946. The third-order valence-corrected chi connectivity index (χ3v) is 3.88. The molecule has 0 aliphatic carbocycles. The summed E-state index contributed by atoms with van der Waals surface area (Å²) in [6.07, 6.45) is 2.20. The van der Waals surface area contributed by atoms with E-state index in [4.69, 9.17) is 0 Å². The van der Waals surface area contributed by atoms with E-state index < -0.39 is 0 Å². The van der Waals surface area contributed by atoms with Crippen LogP contribution in [0.3, 0.4) is 0 Å². The molecule has 108 valence electrons. The monoisotopic (exact) mass is 296 g/mol. The number of likely N-dealkylation sites (tertiary alicyclic amines) is 1. The van der Waals surface area contributed by atoms with Gasteiger partial charge in [-0.15, -0.1) is 0 Å². The number of hydrogen-bond donors (Lipinski definition) is 1. The number of hydrogen-bond acceptors (Lipinski definition) is 3. The maximum atomic E-state index is 13.5. The fourth-order valence-corrected chi connectivity index (χ4v) is 2.74. The van der Waals surface area contributed by atoms with Crippen LogP contribution in [0.4, 0.5) is 4.39 Å². The Bertz CT molecular complexity index is 536. The van der Waals surface area contributed by atoms with Crippen molar-refractivity contribution in [3.63, 3.8) is 0 Å². The molecule has 2 rings (SSSR count). The Kier molecular flexibility index (Phi) is 4.65. The highest BCUT2D eigenvalue weighted by Crippen LogP contribution is 2.16. The molecule has 6 heteroatoms. The SMILES string of the molecule is CSCc1cc(C(=O)N[C@@H]2CC(=O)N(C)C2)ccc1F. The lowest BCUT2D eigenvalue weighted by Gasteiger charge is -2.13. The highest BCUT2D eigenvalue weighted by atomic mass is 32.2. The van der Waals surface area contributed by atoms with E-state index in [1.54, 1.807) is 18.0 Å². The van der Waals surface area contributed by atoms with Crippen molar-refractivity contribution in [3.05, 3.63) is 35.1 Å². The fraction of sp³-hybridized carbons (Fsp3) is 0.429. The smallest absolute Gasteiger partial charge is 0.251 e. The second-order valence-corrected chi connectivity index (χ2v) is 5.75. The van der Waals surface area contributed by atoms with Crippen molar-refractivity contribution < 1.29 is 14.0 Å². The van der Waals surface area contributed by atoms with Gasteiger partial charge in [-0.05, 0) is 30.0 Å². The number of nitrogens with zero attached hydrogens (tertiary/aromatic N) is 1. The van der Waals surface area contributed by atoms with Crippen LogP contribution in [0.15, 0.2) is 18.2 Å². The van der Waals surface area contributed by atoms with Crippen molar-refractivity contribution in [3.8, 4) is 0 Å². The van der Waals surface area contributed by atoms with E-state index >= 15 is 0 Å². The minimum absolute atomic E-state index is 0.0254. The molecule has 0 aromatic heterocycles. The second-order valence-electron chi connectivity index (χ2n) is 4.89. The van der Waals surface area contributed by atoms with Gasteiger partial charge in [0.2, 0.25) is 5.91 Å². The molecule has 4 nitrogen and oxygen atoms in total. The highest BCUT2D eigenvalue weighted by molar-refractivity contribution is 7.97. The van der Waals surface area contributed by atoms with E-state index in [1.807, 2.05) is 6.26 Å². The normalized spacial score (nSPS) is 18.4. The summed E-state index contributed by atoms with van der Waals surface area (Å²) in [5.74, 6) is -0.0120. The average molecular weight is 296 g/mol. The summed E-state index contributed by atoms with van der Waals surface area (Å²) in [6.45, 7) is 0.517. The molecule has 1 fully saturated rings. The van der Waals surface area contributed by atoms with E-state index in [0.717, 1.165) is 0 Å². The van der Waals surface area contributed by atoms with Crippen molar-refractivity contribution in [2.75, 3.05) is 19.8 Å². The first-order valence-corrected chi connectivity index (χ1v) is 7.73. The summed E-state index contributed by atoms with van der Waals surface area (Å²) < 4.78 is 13.5. The number of carbonyl (C=O) groups excluding carboxylic acids is 2. The third-order valence-electron chi connectivity index (χ3n) is 3.28. The predicted molar refractivity (Wildman–Crippen MR) is 77.1 cm³/mol. The van der Waals surface area contributed by atoms with Crippen molar-refractivity contribution in [1.82, 2.24) is 10.2 Å². The standard InChI is InChI=1S/C14H17FN2O2S/c1-17-7-11(6-13(17)18)16-14(19)9-3-4-12(15)10(5-9)8-20-2/h3-5,11H,6-8H2,1-2H3,(H,16,19)/t11-/m1/s1. The van der Waals surface area contributed by atoms with Gasteiger partial charge in [-0.3, -0.25) is 9.59 Å². The van der Waals surface area contributed by atoms with Crippen LogP contribution >= 0.6 is 11.8 Å². The zero-order valence-electron chi connectivity index (χ0n) is 11.5. The van der Waals surface area contributed by atoms with Gasteiger partial charge in [0.15, 0.2) is 0 Å². The predicted octanol–water partition coefficient (Wildman–Crippen LogP) is 1.65. The largest absolute Gasteiger partial charge is 0.347 e. The average Bonchev–Trinajstić information content (AvgIpc) is 2.71. The van der Waals surface area contributed by atoms with Gasteiger partial charge in [0, 0.05) is 31.3 Å². The Labute approximate surface area is 121 Å². The lowest BCUT2D eigenvalue weighted by Crippen LogP contribution is -2.36. The molecule has 0 spiro atoms. The molecule has 0 saturated carbocycles. The molecule has 2 amide bonds. The first-order chi connectivity index (χ1) is 9.51. The molecule has 0 radical (unpaired) electrons. The lowest BCUT2D eigenvalue weighted by atomic mass is 10.1. The Morgan fingerprint density at radius 1 is 1.55 bits per heavy atom. The third kappa shape index (κ3) is 3.30. The van der Waals surface area contributed by atoms with Gasteiger partial charge in [-0.2, -0.15) is 11.8 Å². The van der Waals surface area contributed by atoms with Crippen molar-refractivity contribution in [2.45, 2.75) is 18.2 Å². The van der Waals surface area contributed by atoms with Gasteiger partial charge in [0.25, 0.3) is 5.91 Å². The van der Waals surface area contributed by atoms with E-state index in [2.05, 4.69) is 5.32 Å². The summed E-state index contributed by atoms with van der Waals surface area (Å²) in [4.78, 5) is 25.1. The van der Waals surface area contributed by atoms with Gasteiger partial charge >= 0.3 is 0 Å². The Balaban J connectivity index is 2.06. The van der Waals surface area contributed by atoms with Crippen molar-refractivity contribution in [2.24, 2.45) is 0 Å². The summed E-state index contributed by atoms with van der Waals surface area (Å²) in [7, 11) is 1.71. The molecule has 0 bridgehead atoms. The van der Waals surface area contributed by atoms with Crippen LogP contribution in [-0.2, 0) is 10.5 Å². The number of carbonyl (C=O) groups is 2. The Morgan fingerprint density at radius 3 is 2.90 bits per heavy atom. The Hall–Kier alpha value is -1.56. The van der Waals surface area contributed by atoms with Gasteiger partial charge in [0.1, 0.15) is 5.82 Å². The number of rotatable bonds is 4. The summed E-state index contributed by atoms with van der Waals surface area (Å²) in [5, 5.41) is 2.81. The molecule has 1 aromatic carbocycles. The molecular formula is C14H17FN2O2S. The number of thioether (sulfide) groups is 1. The zero-order valence-corrected chi connectivity index (χ0v) is 12.3. The van der Waals surface area contributed by atoms with Gasteiger partial charge in [-0.1, -0.05) is 0 Å². The quantitative estimate of drug-likeness (QED) is 0.919. The number of halogens is 1. The first kappa shape index (κ1) is 14.8. The molecule has 1 heterocycles. The minimum Gasteiger partial charge on any atom is -0.347 e. The van der Waals surface area contributed by atoms with Crippen molar-refractivity contribution in [1.29, 1.82) is 0 Å². The highest BCUT2D eigenvalue weighted by Gasteiger charge is 2.28. The molecule has 1 N–H and O–H groups in total. The van der Waals surface area contributed by atoms with Crippen LogP contribution in [0, 0.1) is 5.82 Å². The van der Waals surface area contributed by atoms with Crippen molar-refractivity contribution >= 4 is 23.6 Å². The summed E-state index contributed by atoms with van der Waals surface area (Å²) >= 11 is 1.50. The van der Waals surface area contributed by atoms with Crippen LogP contribution in [0.2, 0.25) is 0 Å². The van der Waals surface area contributed by atoms with Crippen LogP contribution in [-0.4, -0.2) is 42.6 Å². The topological polar surface area (TPSA) is 49.4 Å². The molecule has 1 aliphatic rings. The van der Waals surface area contributed by atoms with Crippen LogP contribution in [0.1, 0.15) is 22.3 Å². The maximum absolute atomic E-state index is 13.5. The molecular weight excluding hydrogens is 279 g/mol. The van der Waals surface area contributed by atoms with Crippen LogP contribution in [0.5, 0.6) is 0 Å². The maximum Gasteiger partial charge on any atom is 0.251 e. The number of likely N-dealkylation sites (N-methyl/N-ethyl adjacent to an activating group) is 1. The molecule has 1 aliphatic heterocycles. The summed E-state index contributed by atoms with van der Waals surface area (Å²) in [6, 6.07) is 4.18. The van der Waals surface area contributed by atoms with E-state index in [-0.39, 0.29) is 23.7 Å². The molecule has 1 aromatic rings. The van der Waals surface area contributed by atoms with Gasteiger partial charge in [-0.25, -0.2) is 4.39 Å². The number of nitrogens with one attached hydrogen (secondary N) is 1. The fourth-order valence-electron chi connectivity index (χ4n) is 2.21. The van der Waals surface area contributed by atoms with E-state index in [1.165, 1.54) is 23.9 Å². The van der Waals surface area contributed by atoms with Gasteiger partial charge in [0.05, 0.1) is 6.04 Å². The lowest BCUT2D eigenvalue weighted by molar-refractivity contribution is -0.126. The van der Waals surface area contributed by atoms with Gasteiger partial charge < -0.3 is 10.2 Å². The molecule has 20 heavy (non-hydrogen) atoms. The van der Waals surface area contributed by atoms with E-state index in [0.29, 0.717) is 29.8 Å². The van der Waals surface area contributed by atoms with E-state index in [9.17, 15) is 14.0 Å². The van der Waals surface area contributed by atoms with Crippen LogP contribution in [0.25, 0.3) is 0 Å². The van der Waals surface area contributed by atoms with Crippen LogP contribution < -0.4 is 5.32 Å². The molecule has 1 atom stereocenters. The second kappa shape index (κ2) is 6.26.